The van der Waals surface area contributed by atoms with Crippen LogP contribution in [0.4, 0.5) is 13.2 Å². The minimum atomic E-state index is -4.39. The Morgan fingerprint density at radius 2 is 1.92 bits per heavy atom. The second kappa shape index (κ2) is 6.85. The van der Waals surface area contributed by atoms with Crippen molar-refractivity contribution in [3.05, 3.63) is 23.9 Å². The van der Waals surface area contributed by atoms with Gasteiger partial charge in [-0.15, -0.1) is 0 Å². The molecule has 3 rings (SSSR count). The Labute approximate surface area is 138 Å². The topological polar surface area (TPSA) is 71.6 Å². The van der Waals surface area contributed by atoms with Crippen molar-refractivity contribution in [1.82, 2.24) is 9.88 Å². The molecule has 2 aliphatic rings. The zero-order chi connectivity index (χ0) is 17.3. The summed E-state index contributed by atoms with van der Waals surface area (Å²) in [6, 6.07) is 2.39. The summed E-state index contributed by atoms with van der Waals surface area (Å²) in [7, 11) is 0. The largest absolute Gasteiger partial charge is 0.474 e. The molecular weight excluding hydrogens is 323 g/mol. The molecule has 1 saturated heterocycles. The lowest BCUT2D eigenvalue weighted by Crippen LogP contribution is -2.47. The highest BCUT2D eigenvalue weighted by Crippen LogP contribution is 2.30. The molecule has 24 heavy (non-hydrogen) atoms. The van der Waals surface area contributed by atoms with E-state index in [2.05, 4.69) is 9.88 Å². The number of piperidine rings is 1. The monoisotopic (exact) mass is 345 g/mol. The first kappa shape index (κ1) is 17.4. The van der Waals surface area contributed by atoms with E-state index in [1.165, 1.54) is 6.07 Å². The number of alkyl halides is 3. The van der Waals surface area contributed by atoms with Crippen molar-refractivity contribution >= 4 is 0 Å². The van der Waals surface area contributed by atoms with E-state index in [1.54, 1.807) is 0 Å². The number of rotatable bonds is 3. The number of ether oxygens (including phenoxy) is 1. The molecule has 134 valence electrons. The molecule has 0 aromatic carbocycles. The number of nitrogens with zero attached hydrogens (tertiary/aromatic N) is 2. The van der Waals surface area contributed by atoms with Crippen molar-refractivity contribution in [1.29, 1.82) is 0 Å². The maximum absolute atomic E-state index is 12.5. The summed E-state index contributed by atoms with van der Waals surface area (Å²) in [6.45, 7) is 1.56. The first-order chi connectivity index (χ1) is 11.3. The van der Waals surface area contributed by atoms with Crippen LogP contribution in [0.1, 0.15) is 31.2 Å². The fourth-order valence-electron chi connectivity index (χ4n) is 3.54. The van der Waals surface area contributed by atoms with Crippen LogP contribution >= 0.6 is 0 Å². The maximum atomic E-state index is 12.5. The van der Waals surface area contributed by atoms with E-state index in [9.17, 15) is 18.3 Å². The molecule has 5 nitrogen and oxygen atoms in total. The van der Waals surface area contributed by atoms with Gasteiger partial charge in [0.2, 0.25) is 5.88 Å². The molecule has 0 unspecified atom stereocenters. The standard InChI is InChI=1S/C16H22F3N3O2/c17-16(18,19)10-1-2-15(21-9-10)24-12-3-5-22(6-4-12)13-7-11(20)8-14(13)23/h1-2,9,11-14,23H,3-8,20H2/t11-,13-,14-/m0/s1. The fourth-order valence-corrected chi connectivity index (χ4v) is 3.54. The molecule has 1 aromatic heterocycles. The number of aliphatic hydroxyl groups is 1. The van der Waals surface area contributed by atoms with Gasteiger partial charge in [0.15, 0.2) is 0 Å². The third-order valence-electron chi connectivity index (χ3n) is 4.83. The number of nitrogens with two attached hydrogens (primary N) is 1. The molecule has 0 radical (unpaired) electrons. The van der Waals surface area contributed by atoms with Gasteiger partial charge in [-0.3, -0.25) is 4.90 Å². The zero-order valence-electron chi connectivity index (χ0n) is 13.2. The fraction of sp³-hybridized carbons (Fsp3) is 0.688. The van der Waals surface area contributed by atoms with Crippen molar-refractivity contribution in [3.63, 3.8) is 0 Å². The van der Waals surface area contributed by atoms with Gasteiger partial charge >= 0.3 is 6.18 Å². The van der Waals surface area contributed by atoms with Crippen LogP contribution in [0.3, 0.4) is 0 Å². The average Bonchev–Trinajstić information content (AvgIpc) is 2.86. The number of likely N-dealkylation sites (tertiary alicyclic amines) is 1. The number of aliphatic hydroxyl groups excluding tert-OH is 1. The minimum absolute atomic E-state index is 0.0512. The van der Waals surface area contributed by atoms with Crippen LogP contribution in [-0.2, 0) is 6.18 Å². The second-order valence-corrected chi connectivity index (χ2v) is 6.60. The van der Waals surface area contributed by atoms with Crippen LogP contribution in [0.15, 0.2) is 18.3 Å². The lowest BCUT2D eigenvalue weighted by molar-refractivity contribution is -0.137. The Hall–Kier alpha value is -1.38. The number of halogens is 3. The molecule has 2 heterocycles. The highest BCUT2D eigenvalue weighted by molar-refractivity contribution is 5.20. The number of hydrogen-bond donors (Lipinski definition) is 2. The SMILES string of the molecule is N[C@@H]1C[C@H](O)[C@@H](N2CCC(Oc3ccc(C(F)(F)F)cn3)CC2)C1. The van der Waals surface area contributed by atoms with Crippen molar-refractivity contribution < 1.29 is 23.0 Å². The van der Waals surface area contributed by atoms with Crippen LogP contribution in [0.5, 0.6) is 5.88 Å². The van der Waals surface area contributed by atoms with Crippen molar-refractivity contribution in [2.45, 2.75) is 56.2 Å². The molecule has 1 saturated carbocycles. The van der Waals surface area contributed by atoms with Gasteiger partial charge < -0.3 is 15.6 Å². The highest BCUT2D eigenvalue weighted by Gasteiger charge is 2.37. The molecule has 0 amide bonds. The summed E-state index contributed by atoms with van der Waals surface area (Å²) in [4.78, 5) is 5.98. The Kier molecular flexibility index (Phi) is 4.98. The predicted molar refractivity (Wildman–Crippen MR) is 81.5 cm³/mol. The molecule has 2 fully saturated rings. The number of hydrogen-bond acceptors (Lipinski definition) is 5. The summed E-state index contributed by atoms with van der Waals surface area (Å²) in [5.41, 5.74) is 5.11. The average molecular weight is 345 g/mol. The van der Waals surface area contributed by atoms with E-state index >= 15 is 0 Å². The zero-order valence-corrected chi connectivity index (χ0v) is 13.2. The second-order valence-electron chi connectivity index (χ2n) is 6.60. The lowest BCUT2D eigenvalue weighted by Gasteiger charge is -2.37. The van der Waals surface area contributed by atoms with E-state index < -0.39 is 11.7 Å². The van der Waals surface area contributed by atoms with Crippen LogP contribution in [-0.4, -0.2) is 52.4 Å². The van der Waals surface area contributed by atoms with Gasteiger partial charge in [-0.2, -0.15) is 13.2 Å². The van der Waals surface area contributed by atoms with Crippen molar-refractivity contribution in [2.75, 3.05) is 13.1 Å². The van der Waals surface area contributed by atoms with E-state index in [0.717, 1.165) is 44.6 Å². The van der Waals surface area contributed by atoms with Crippen LogP contribution < -0.4 is 10.5 Å². The van der Waals surface area contributed by atoms with E-state index in [4.69, 9.17) is 10.5 Å². The van der Waals surface area contributed by atoms with E-state index in [-0.39, 0.29) is 30.2 Å². The van der Waals surface area contributed by atoms with Gasteiger partial charge in [0.05, 0.1) is 11.7 Å². The van der Waals surface area contributed by atoms with Crippen LogP contribution in [0, 0.1) is 0 Å². The summed E-state index contributed by atoms with van der Waals surface area (Å²) in [5, 5.41) is 10.0. The summed E-state index contributed by atoms with van der Waals surface area (Å²) < 4.78 is 43.2. The quantitative estimate of drug-likeness (QED) is 0.874. The maximum Gasteiger partial charge on any atom is 0.417 e. The van der Waals surface area contributed by atoms with Gasteiger partial charge in [0.1, 0.15) is 6.10 Å². The third kappa shape index (κ3) is 3.99. The van der Waals surface area contributed by atoms with Crippen molar-refractivity contribution in [2.24, 2.45) is 5.73 Å². The molecule has 1 aliphatic carbocycles. The van der Waals surface area contributed by atoms with Gasteiger partial charge in [0, 0.05) is 37.4 Å². The van der Waals surface area contributed by atoms with Crippen LogP contribution in [0.25, 0.3) is 0 Å². The Morgan fingerprint density at radius 3 is 2.42 bits per heavy atom. The first-order valence-electron chi connectivity index (χ1n) is 8.20. The Bertz CT molecular complexity index is 544. The lowest BCUT2D eigenvalue weighted by atomic mass is 10.0. The van der Waals surface area contributed by atoms with Gasteiger partial charge in [-0.1, -0.05) is 0 Å². The normalized spacial score (nSPS) is 29.8. The van der Waals surface area contributed by atoms with E-state index in [1.807, 2.05) is 0 Å². The first-order valence-corrected chi connectivity index (χ1v) is 8.20. The van der Waals surface area contributed by atoms with Crippen LogP contribution in [0.2, 0.25) is 0 Å². The van der Waals surface area contributed by atoms with Gasteiger partial charge in [-0.05, 0) is 31.7 Å². The molecule has 1 aliphatic heterocycles. The number of pyridine rings is 1. The molecule has 0 bridgehead atoms. The minimum Gasteiger partial charge on any atom is -0.474 e. The Morgan fingerprint density at radius 1 is 1.21 bits per heavy atom. The molecule has 1 aromatic rings. The summed E-state index contributed by atoms with van der Waals surface area (Å²) in [6.07, 6.45) is -1.11. The summed E-state index contributed by atoms with van der Waals surface area (Å²) >= 11 is 0. The molecule has 3 atom stereocenters. The molecule has 3 N–H and O–H groups in total. The van der Waals surface area contributed by atoms with Gasteiger partial charge in [-0.25, -0.2) is 4.98 Å². The Balaban J connectivity index is 1.50. The molecule has 0 spiro atoms. The smallest absolute Gasteiger partial charge is 0.417 e. The highest BCUT2D eigenvalue weighted by atomic mass is 19.4. The van der Waals surface area contributed by atoms with Gasteiger partial charge in [0.25, 0.3) is 0 Å². The predicted octanol–water partition coefficient (Wildman–Crippen LogP) is 1.79. The third-order valence-corrected chi connectivity index (χ3v) is 4.83. The molecular formula is C16H22F3N3O2. The van der Waals surface area contributed by atoms with Crippen molar-refractivity contribution in [3.8, 4) is 5.88 Å². The molecule has 8 heteroatoms. The summed E-state index contributed by atoms with van der Waals surface area (Å²) in [5.74, 6) is 0.212. The number of aromatic nitrogens is 1. The van der Waals surface area contributed by atoms with E-state index in [0.29, 0.717) is 6.42 Å².